The van der Waals surface area contributed by atoms with E-state index in [-0.39, 0.29) is 35.3 Å². The first-order valence-electron chi connectivity index (χ1n) is 6.03. The van der Waals surface area contributed by atoms with Gasteiger partial charge in [0.1, 0.15) is 6.10 Å². The summed E-state index contributed by atoms with van der Waals surface area (Å²) in [6, 6.07) is 0. The molecule has 1 fully saturated rings. The van der Waals surface area contributed by atoms with Crippen LogP contribution in [0.2, 0.25) is 0 Å². The molecule has 17 heavy (non-hydrogen) atoms. The molecule has 4 nitrogen and oxygen atoms in total. The van der Waals surface area contributed by atoms with E-state index in [1.54, 1.807) is 0 Å². The molecule has 3 atom stereocenters. The molecule has 1 aliphatic carbocycles. The molecular weight excluding hydrogens is 220 g/mol. The van der Waals surface area contributed by atoms with E-state index in [9.17, 15) is 9.59 Å². The lowest BCUT2D eigenvalue weighted by molar-refractivity contribution is -0.154. The molecule has 0 aromatic carbocycles. The maximum Gasteiger partial charge on any atom is 0.305 e. The molecule has 0 aliphatic heterocycles. The van der Waals surface area contributed by atoms with E-state index >= 15 is 0 Å². The standard InChI is InChI=1S/C13H22O4/c1-8-6-10(7-11(15)16-5)13(3,4)12(8)17-9(2)14/h8,10,12H,6-7H2,1-5H3/t8-,10-,12+/m0/s1. The van der Waals surface area contributed by atoms with Crippen LogP contribution in [0, 0.1) is 17.3 Å². The molecule has 0 N–H and O–H groups in total. The van der Waals surface area contributed by atoms with Gasteiger partial charge >= 0.3 is 11.9 Å². The fourth-order valence-electron chi connectivity index (χ4n) is 2.92. The van der Waals surface area contributed by atoms with Crippen molar-refractivity contribution in [2.24, 2.45) is 17.3 Å². The Hall–Kier alpha value is -1.06. The highest BCUT2D eigenvalue weighted by atomic mass is 16.5. The molecule has 0 spiro atoms. The van der Waals surface area contributed by atoms with Crippen LogP contribution in [0.3, 0.4) is 0 Å². The smallest absolute Gasteiger partial charge is 0.305 e. The second-order valence-corrected chi connectivity index (χ2v) is 5.54. The van der Waals surface area contributed by atoms with Crippen molar-refractivity contribution in [3.05, 3.63) is 0 Å². The molecule has 1 saturated carbocycles. The third kappa shape index (κ3) is 2.99. The number of ether oxygens (including phenoxy) is 2. The summed E-state index contributed by atoms with van der Waals surface area (Å²) in [6.45, 7) is 7.60. The van der Waals surface area contributed by atoms with Gasteiger partial charge in [-0.25, -0.2) is 0 Å². The highest BCUT2D eigenvalue weighted by Crippen LogP contribution is 2.49. The Kier molecular flexibility index (Phi) is 4.17. The number of hydrogen-bond donors (Lipinski definition) is 0. The Labute approximate surface area is 103 Å². The van der Waals surface area contributed by atoms with Crippen LogP contribution in [0.15, 0.2) is 0 Å². The minimum absolute atomic E-state index is 0.116. The molecular formula is C13H22O4. The van der Waals surface area contributed by atoms with Gasteiger partial charge in [-0.05, 0) is 18.3 Å². The summed E-state index contributed by atoms with van der Waals surface area (Å²) in [4.78, 5) is 22.5. The largest absolute Gasteiger partial charge is 0.469 e. The number of carbonyl (C=O) groups is 2. The molecule has 0 saturated heterocycles. The first kappa shape index (κ1) is 14.0. The third-order valence-corrected chi connectivity index (χ3v) is 3.89. The lowest BCUT2D eigenvalue weighted by atomic mass is 9.78. The first-order valence-corrected chi connectivity index (χ1v) is 6.03. The van der Waals surface area contributed by atoms with Crippen molar-refractivity contribution in [2.45, 2.75) is 46.6 Å². The number of carbonyl (C=O) groups excluding carboxylic acids is 2. The van der Waals surface area contributed by atoms with Gasteiger partial charge in [-0.15, -0.1) is 0 Å². The molecule has 98 valence electrons. The summed E-state index contributed by atoms with van der Waals surface area (Å²) in [5, 5.41) is 0. The summed E-state index contributed by atoms with van der Waals surface area (Å²) < 4.78 is 10.1. The fraction of sp³-hybridized carbons (Fsp3) is 0.846. The Morgan fingerprint density at radius 1 is 1.35 bits per heavy atom. The van der Waals surface area contributed by atoms with Crippen LogP contribution in [-0.2, 0) is 19.1 Å². The van der Waals surface area contributed by atoms with E-state index in [4.69, 9.17) is 9.47 Å². The lowest BCUT2D eigenvalue weighted by Gasteiger charge is -2.32. The van der Waals surface area contributed by atoms with Crippen LogP contribution in [0.25, 0.3) is 0 Å². The van der Waals surface area contributed by atoms with Crippen molar-refractivity contribution >= 4 is 11.9 Å². The second-order valence-electron chi connectivity index (χ2n) is 5.54. The summed E-state index contributed by atoms with van der Waals surface area (Å²) in [5.41, 5.74) is -0.181. The highest BCUT2D eigenvalue weighted by molar-refractivity contribution is 5.69. The number of rotatable bonds is 3. The van der Waals surface area contributed by atoms with E-state index in [2.05, 4.69) is 20.8 Å². The van der Waals surface area contributed by atoms with E-state index in [1.807, 2.05) is 0 Å². The summed E-state index contributed by atoms with van der Waals surface area (Å²) in [6.07, 6.45) is 1.17. The lowest BCUT2D eigenvalue weighted by Crippen LogP contribution is -2.35. The fourth-order valence-corrected chi connectivity index (χ4v) is 2.92. The average Bonchev–Trinajstić information content (AvgIpc) is 2.41. The molecule has 0 bridgehead atoms. The van der Waals surface area contributed by atoms with Gasteiger partial charge in [-0.1, -0.05) is 20.8 Å². The van der Waals surface area contributed by atoms with Crippen LogP contribution in [0.4, 0.5) is 0 Å². The van der Waals surface area contributed by atoms with Crippen LogP contribution in [0.1, 0.15) is 40.5 Å². The highest BCUT2D eigenvalue weighted by Gasteiger charge is 2.49. The SMILES string of the molecule is COC(=O)C[C@@H]1C[C@H](C)[C@@H](OC(C)=O)C1(C)C. The number of esters is 2. The van der Waals surface area contributed by atoms with Crippen LogP contribution in [-0.4, -0.2) is 25.2 Å². The first-order chi connectivity index (χ1) is 7.78. The molecule has 4 heteroatoms. The zero-order valence-electron chi connectivity index (χ0n) is 11.3. The van der Waals surface area contributed by atoms with Gasteiger partial charge in [-0.3, -0.25) is 9.59 Å². The molecule has 0 unspecified atom stereocenters. The quantitative estimate of drug-likeness (QED) is 0.712. The van der Waals surface area contributed by atoms with Crippen LogP contribution in [0.5, 0.6) is 0 Å². The van der Waals surface area contributed by atoms with E-state index in [0.29, 0.717) is 6.42 Å². The van der Waals surface area contributed by atoms with Crippen molar-refractivity contribution < 1.29 is 19.1 Å². The molecule has 0 radical (unpaired) electrons. The van der Waals surface area contributed by atoms with Crippen molar-refractivity contribution in [3.63, 3.8) is 0 Å². The molecule has 0 amide bonds. The summed E-state index contributed by atoms with van der Waals surface area (Å²) >= 11 is 0. The third-order valence-electron chi connectivity index (χ3n) is 3.89. The maximum absolute atomic E-state index is 11.4. The van der Waals surface area contributed by atoms with Crippen LogP contribution >= 0.6 is 0 Å². The monoisotopic (exact) mass is 242 g/mol. The Morgan fingerprint density at radius 3 is 2.41 bits per heavy atom. The number of methoxy groups -OCH3 is 1. The summed E-state index contributed by atoms with van der Waals surface area (Å²) in [5.74, 6) is 0.0326. The normalized spacial score (nSPS) is 31.0. The zero-order valence-corrected chi connectivity index (χ0v) is 11.3. The van der Waals surface area contributed by atoms with E-state index in [1.165, 1.54) is 14.0 Å². The van der Waals surface area contributed by atoms with Gasteiger partial charge in [0.2, 0.25) is 0 Å². The zero-order chi connectivity index (χ0) is 13.2. The van der Waals surface area contributed by atoms with Crippen LogP contribution < -0.4 is 0 Å². The summed E-state index contributed by atoms with van der Waals surface area (Å²) in [7, 11) is 1.40. The van der Waals surface area contributed by atoms with Crippen molar-refractivity contribution in [1.29, 1.82) is 0 Å². The predicted molar refractivity (Wildman–Crippen MR) is 63.2 cm³/mol. The molecule has 0 heterocycles. The minimum Gasteiger partial charge on any atom is -0.469 e. The molecule has 0 aromatic heterocycles. The molecule has 1 rings (SSSR count). The second kappa shape index (κ2) is 5.07. The minimum atomic E-state index is -0.256. The maximum atomic E-state index is 11.4. The van der Waals surface area contributed by atoms with Gasteiger partial charge in [-0.2, -0.15) is 0 Å². The van der Waals surface area contributed by atoms with Gasteiger partial charge in [0, 0.05) is 18.8 Å². The topological polar surface area (TPSA) is 52.6 Å². The van der Waals surface area contributed by atoms with Gasteiger partial charge in [0.05, 0.1) is 7.11 Å². The predicted octanol–water partition coefficient (Wildman–Crippen LogP) is 2.16. The Morgan fingerprint density at radius 2 is 1.94 bits per heavy atom. The van der Waals surface area contributed by atoms with Crippen molar-refractivity contribution in [1.82, 2.24) is 0 Å². The molecule has 1 aliphatic rings. The van der Waals surface area contributed by atoms with Gasteiger partial charge in [0.15, 0.2) is 0 Å². The van der Waals surface area contributed by atoms with E-state index in [0.717, 1.165) is 6.42 Å². The van der Waals surface area contributed by atoms with Gasteiger partial charge in [0.25, 0.3) is 0 Å². The number of hydrogen-bond acceptors (Lipinski definition) is 4. The average molecular weight is 242 g/mol. The molecule has 0 aromatic rings. The van der Waals surface area contributed by atoms with Crippen molar-refractivity contribution in [2.75, 3.05) is 7.11 Å². The van der Waals surface area contributed by atoms with Crippen molar-refractivity contribution in [3.8, 4) is 0 Å². The van der Waals surface area contributed by atoms with E-state index < -0.39 is 0 Å². The Bertz CT molecular complexity index is 309. The van der Waals surface area contributed by atoms with Gasteiger partial charge < -0.3 is 9.47 Å². The Balaban J connectivity index is 2.77.